The van der Waals surface area contributed by atoms with Crippen molar-refractivity contribution in [3.8, 4) is 22.8 Å². The zero-order valence-corrected chi connectivity index (χ0v) is 33.4. The molecule has 7 heterocycles. The quantitative estimate of drug-likeness (QED) is 0.192. The molecule has 10 rings (SSSR count). The number of hydrogen-bond donors (Lipinski definition) is 1. The lowest BCUT2D eigenvalue weighted by Gasteiger charge is -2.18. The molecule has 0 spiro atoms. The number of aryl methyl sites for hydroxylation is 4. The molecule has 0 bridgehead atoms. The fourth-order valence-corrected chi connectivity index (χ4v) is 7.35. The molecule has 0 saturated carbocycles. The maximum absolute atomic E-state index is 13.0. The van der Waals surface area contributed by atoms with Crippen molar-refractivity contribution in [1.82, 2.24) is 34.5 Å². The maximum atomic E-state index is 13.0. The molecule has 3 aromatic carbocycles. The van der Waals surface area contributed by atoms with Gasteiger partial charge in [-0.15, -0.1) is 10.2 Å². The predicted molar refractivity (Wildman–Crippen MR) is 217 cm³/mol. The highest BCUT2D eigenvalue weighted by atomic mass is 16.4. The summed E-state index contributed by atoms with van der Waals surface area (Å²) in [4.78, 5) is 48.6. The van der Waals surface area contributed by atoms with Gasteiger partial charge in [-0.1, -0.05) is 36.4 Å². The number of rotatable bonds is 4. The second-order valence-corrected chi connectivity index (χ2v) is 15.5. The van der Waals surface area contributed by atoms with Crippen LogP contribution in [0, 0.1) is 13.8 Å². The van der Waals surface area contributed by atoms with Crippen LogP contribution in [0.15, 0.2) is 100 Å². The van der Waals surface area contributed by atoms with Gasteiger partial charge in [0, 0.05) is 63.2 Å². The summed E-state index contributed by atoms with van der Waals surface area (Å²) in [5, 5.41) is 15.1. The topological polar surface area (TPSA) is 170 Å². The van der Waals surface area contributed by atoms with E-state index in [0.29, 0.717) is 41.5 Å². The molecule has 3 amide bonds. The van der Waals surface area contributed by atoms with Crippen molar-refractivity contribution >= 4 is 46.4 Å². The molecule has 3 aliphatic heterocycles. The van der Waals surface area contributed by atoms with Gasteiger partial charge in [0.25, 0.3) is 0 Å². The largest absolute Gasteiger partial charge is 0.441 e. The molecule has 0 unspecified atom stereocenters. The molecular formula is C43H42N10O5. The number of amides is 3. The van der Waals surface area contributed by atoms with Crippen molar-refractivity contribution in [2.24, 2.45) is 14.1 Å². The highest BCUT2D eigenvalue weighted by Gasteiger charge is 2.46. The van der Waals surface area contributed by atoms with E-state index in [1.807, 2.05) is 132 Å². The number of carbonyl (C=O) groups is 3. The Morgan fingerprint density at radius 1 is 0.724 bits per heavy atom. The van der Waals surface area contributed by atoms with E-state index < -0.39 is 10.8 Å². The van der Waals surface area contributed by atoms with E-state index >= 15 is 0 Å². The van der Waals surface area contributed by atoms with Gasteiger partial charge in [-0.05, 0) is 68.7 Å². The van der Waals surface area contributed by atoms with Crippen molar-refractivity contribution in [2.45, 2.75) is 58.8 Å². The second-order valence-electron chi connectivity index (χ2n) is 15.5. The molecule has 0 radical (unpaired) electrons. The first-order chi connectivity index (χ1) is 27.6. The van der Waals surface area contributed by atoms with Crippen molar-refractivity contribution in [2.75, 3.05) is 15.1 Å². The predicted octanol–water partition coefficient (Wildman–Crippen LogP) is 7.26. The molecule has 1 N–H and O–H groups in total. The first kappa shape index (κ1) is 37.7. The number of nitrogens with zero attached hydrogens (tertiary/aromatic N) is 9. The van der Waals surface area contributed by atoms with Crippen LogP contribution < -0.4 is 15.1 Å². The number of anilines is 5. The van der Waals surface area contributed by atoms with Crippen LogP contribution in [0.1, 0.15) is 56.2 Å². The van der Waals surface area contributed by atoms with Crippen LogP contribution in [-0.2, 0) is 45.7 Å². The summed E-state index contributed by atoms with van der Waals surface area (Å²) in [6.07, 6.45) is 7.57. The Morgan fingerprint density at radius 2 is 1.38 bits per heavy atom. The summed E-state index contributed by atoms with van der Waals surface area (Å²) < 4.78 is 14.6. The van der Waals surface area contributed by atoms with Crippen LogP contribution in [0.4, 0.5) is 28.7 Å². The molecule has 58 heavy (non-hydrogen) atoms. The van der Waals surface area contributed by atoms with E-state index in [4.69, 9.17) is 8.83 Å². The van der Waals surface area contributed by atoms with Crippen molar-refractivity contribution in [1.29, 1.82) is 0 Å². The van der Waals surface area contributed by atoms with E-state index in [1.165, 1.54) is 0 Å². The average molecular weight is 779 g/mol. The Labute approximate surface area is 334 Å². The minimum absolute atomic E-state index is 0.00457. The minimum atomic E-state index is -0.615. The Morgan fingerprint density at radius 3 is 1.95 bits per heavy atom. The van der Waals surface area contributed by atoms with Gasteiger partial charge in [-0.2, -0.15) is 5.10 Å². The Balaban J connectivity index is 0.000000131. The number of para-hydroxylation sites is 1. The summed E-state index contributed by atoms with van der Waals surface area (Å²) in [6, 6.07) is 21.3. The summed E-state index contributed by atoms with van der Waals surface area (Å²) in [5.41, 5.74) is 6.11. The summed E-state index contributed by atoms with van der Waals surface area (Å²) in [7, 11) is 3.71. The zero-order chi connectivity index (χ0) is 41.1. The van der Waals surface area contributed by atoms with Crippen molar-refractivity contribution < 1.29 is 23.2 Å². The molecule has 0 saturated heterocycles. The van der Waals surface area contributed by atoms with E-state index in [9.17, 15) is 14.4 Å². The van der Waals surface area contributed by atoms with E-state index in [1.54, 1.807) is 33.9 Å². The van der Waals surface area contributed by atoms with Gasteiger partial charge in [-0.3, -0.25) is 28.9 Å². The van der Waals surface area contributed by atoms with Crippen molar-refractivity contribution in [3.63, 3.8) is 0 Å². The first-order valence-corrected chi connectivity index (χ1v) is 18.7. The van der Waals surface area contributed by atoms with Gasteiger partial charge in [0.05, 0.1) is 41.1 Å². The average Bonchev–Trinajstić information content (AvgIpc) is 4.07. The summed E-state index contributed by atoms with van der Waals surface area (Å²) in [6.45, 7) is 11.3. The monoisotopic (exact) mass is 778 g/mol. The van der Waals surface area contributed by atoms with Crippen LogP contribution in [0.2, 0.25) is 0 Å². The molecule has 0 fully saturated rings. The molecule has 0 aliphatic carbocycles. The number of oxazole rings is 1. The third kappa shape index (κ3) is 6.63. The molecule has 4 aromatic heterocycles. The highest BCUT2D eigenvalue weighted by Crippen LogP contribution is 2.47. The molecule has 3 aliphatic rings. The van der Waals surface area contributed by atoms with Crippen LogP contribution in [0.3, 0.4) is 0 Å². The fourth-order valence-electron chi connectivity index (χ4n) is 7.35. The lowest BCUT2D eigenvalue weighted by molar-refractivity contribution is -0.122. The van der Waals surface area contributed by atoms with Gasteiger partial charge in [0.15, 0.2) is 23.3 Å². The molecule has 7 aromatic rings. The second kappa shape index (κ2) is 14.1. The number of benzene rings is 3. The SMILES string of the molecule is Cc1ncc(-c2ccc3c(c2)N(c2ccn(C)n2)C(=O)C3(C)C)o1.Cc1nnc(-c2ccc3c(c2)N(c2cn(C)cn2)C(=O)C3(C)C)o1.O=C1Cc2ccccc2N1. The lowest BCUT2D eigenvalue weighted by atomic mass is 9.86. The molecule has 0 atom stereocenters. The fraction of sp³-hybridized carbons (Fsp3) is 0.256. The van der Waals surface area contributed by atoms with E-state index in [2.05, 4.69) is 30.6 Å². The lowest BCUT2D eigenvalue weighted by Crippen LogP contribution is -2.33. The smallest absolute Gasteiger partial charge is 0.247 e. The number of nitrogens with one attached hydrogen (secondary N) is 1. The summed E-state index contributed by atoms with van der Waals surface area (Å²) in [5.74, 6) is 3.58. The normalized spacial score (nSPS) is 15.6. The Kier molecular flexibility index (Phi) is 9.17. The van der Waals surface area contributed by atoms with Crippen LogP contribution in [0.25, 0.3) is 22.8 Å². The highest BCUT2D eigenvalue weighted by molar-refractivity contribution is 6.13. The van der Waals surface area contributed by atoms with Gasteiger partial charge >= 0.3 is 0 Å². The summed E-state index contributed by atoms with van der Waals surface area (Å²) >= 11 is 0. The van der Waals surface area contributed by atoms with Gasteiger partial charge in [0.2, 0.25) is 29.5 Å². The standard InChI is InChI=1S/C18H18N4O2.C17H17N5O2.C8H7NO/c1-11-19-10-15(24-11)12-5-6-13-14(9-12)22(17(23)18(13,2)3)16-7-8-21(4)20-16;1-10-19-20-15(24-10)11-5-6-12-13(7-11)22(16(23)17(12,2)3)14-8-21(4)9-18-14;10-8-5-6-3-1-2-4-7(6)9-8/h5-10H,1-4H3;5-9H,1-4H3;1-4H,5H2,(H,9,10). The number of carbonyl (C=O) groups excluding carboxylic acids is 3. The molecule has 15 nitrogen and oxygen atoms in total. The molecular weight excluding hydrogens is 737 g/mol. The van der Waals surface area contributed by atoms with Gasteiger partial charge < -0.3 is 18.7 Å². The molecule has 15 heteroatoms. The third-order valence-electron chi connectivity index (χ3n) is 10.5. The number of aromatic nitrogens is 7. The van der Waals surface area contributed by atoms with Crippen LogP contribution in [0.5, 0.6) is 0 Å². The van der Waals surface area contributed by atoms with Crippen LogP contribution in [-0.4, -0.2) is 52.2 Å². The molecule has 294 valence electrons. The maximum Gasteiger partial charge on any atom is 0.247 e. The van der Waals surface area contributed by atoms with Gasteiger partial charge in [-0.25, -0.2) is 9.97 Å². The number of imidazole rings is 1. The number of fused-ring (bicyclic) bond motifs is 3. The first-order valence-electron chi connectivity index (χ1n) is 18.7. The van der Waals surface area contributed by atoms with Crippen LogP contribution >= 0.6 is 0 Å². The van der Waals surface area contributed by atoms with E-state index in [-0.39, 0.29) is 17.7 Å². The van der Waals surface area contributed by atoms with E-state index in [0.717, 1.165) is 44.9 Å². The van der Waals surface area contributed by atoms with Crippen molar-refractivity contribution in [3.05, 3.63) is 120 Å². The minimum Gasteiger partial charge on any atom is -0.441 e. The Hall–Kier alpha value is -7.16. The zero-order valence-electron chi connectivity index (χ0n) is 33.4. The Bertz CT molecular complexity index is 2550. The van der Waals surface area contributed by atoms with Gasteiger partial charge in [0.1, 0.15) is 0 Å². The number of hydrogen-bond acceptors (Lipinski definition) is 10. The third-order valence-corrected chi connectivity index (χ3v) is 10.5.